The van der Waals surface area contributed by atoms with Crippen molar-refractivity contribution < 1.29 is 9.84 Å². The standard InChI is InChI=1S/C21H22ClN9O2/c1-24-17-11-26-20-19(27-13-3-4-13)29-21(30-31(17)20)28-15-8-12(9-23)7-14(18(15)22)16(32)10-25-5-6-33-2/h7-8,11,13,16,25,32H,3-6,10H2,2H3,(H2,27,28,29,30). The van der Waals surface area contributed by atoms with Crippen molar-refractivity contribution in [3.63, 3.8) is 0 Å². The molecule has 33 heavy (non-hydrogen) atoms. The molecule has 0 saturated heterocycles. The molecular formula is C21H22ClN9O2. The minimum atomic E-state index is -0.943. The Morgan fingerprint density at radius 1 is 1.45 bits per heavy atom. The zero-order valence-electron chi connectivity index (χ0n) is 17.8. The van der Waals surface area contributed by atoms with E-state index in [2.05, 4.69) is 41.9 Å². The van der Waals surface area contributed by atoms with E-state index in [0.29, 0.717) is 47.5 Å². The van der Waals surface area contributed by atoms with E-state index in [0.717, 1.165) is 12.8 Å². The van der Waals surface area contributed by atoms with Crippen LogP contribution in [0.4, 0.5) is 23.3 Å². The summed E-state index contributed by atoms with van der Waals surface area (Å²) in [6, 6.07) is 5.50. The zero-order valence-corrected chi connectivity index (χ0v) is 18.6. The molecule has 1 fully saturated rings. The van der Waals surface area contributed by atoms with Crippen LogP contribution in [0.1, 0.15) is 30.1 Å². The van der Waals surface area contributed by atoms with Crippen molar-refractivity contribution in [3.05, 3.63) is 45.9 Å². The lowest BCUT2D eigenvalue weighted by Crippen LogP contribution is -2.25. The van der Waals surface area contributed by atoms with Gasteiger partial charge in [0.15, 0.2) is 5.82 Å². The van der Waals surface area contributed by atoms with Gasteiger partial charge in [-0.25, -0.2) is 4.98 Å². The Bertz CT molecular complexity index is 1240. The summed E-state index contributed by atoms with van der Waals surface area (Å²) in [5.41, 5.74) is 1.52. The molecule has 3 aromatic rings. The fourth-order valence-electron chi connectivity index (χ4n) is 3.21. The van der Waals surface area contributed by atoms with Crippen LogP contribution in [0.25, 0.3) is 10.5 Å². The molecule has 0 amide bonds. The third-order valence-electron chi connectivity index (χ3n) is 5.03. The summed E-state index contributed by atoms with van der Waals surface area (Å²) < 4.78 is 6.39. The van der Waals surface area contributed by atoms with E-state index in [4.69, 9.17) is 22.9 Å². The largest absolute Gasteiger partial charge is 0.387 e. The van der Waals surface area contributed by atoms with Crippen LogP contribution >= 0.6 is 11.6 Å². The molecule has 0 radical (unpaired) electrons. The minimum Gasteiger partial charge on any atom is -0.387 e. The number of ether oxygens (including phenoxy) is 1. The van der Waals surface area contributed by atoms with E-state index < -0.39 is 6.10 Å². The van der Waals surface area contributed by atoms with Crippen LogP contribution in [-0.2, 0) is 4.74 Å². The van der Waals surface area contributed by atoms with Gasteiger partial charge in [-0.3, -0.25) is 0 Å². The third-order valence-corrected chi connectivity index (χ3v) is 5.45. The van der Waals surface area contributed by atoms with Gasteiger partial charge in [-0.2, -0.15) is 10.2 Å². The molecule has 0 spiro atoms. The lowest BCUT2D eigenvalue weighted by Gasteiger charge is -2.17. The highest BCUT2D eigenvalue weighted by atomic mass is 35.5. The topological polar surface area (TPSA) is 137 Å². The maximum atomic E-state index is 10.6. The second-order valence-corrected chi connectivity index (χ2v) is 7.92. The SMILES string of the molecule is [C-]#[N+]c1cnc2c(NC3CC3)nc(Nc3cc(C#N)cc(C(O)CNCCOC)c3Cl)nn12. The first-order valence-electron chi connectivity index (χ1n) is 10.3. The molecule has 0 bridgehead atoms. The third kappa shape index (κ3) is 5.13. The van der Waals surface area contributed by atoms with Crippen molar-refractivity contribution in [2.24, 2.45) is 0 Å². The van der Waals surface area contributed by atoms with Crippen molar-refractivity contribution >= 4 is 40.5 Å². The van der Waals surface area contributed by atoms with Crippen LogP contribution in [0.15, 0.2) is 18.3 Å². The maximum Gasteiger partial charge on any atom is 0.275 e. The molecular weight excluding hydrogens is 446 g/mol. The number of aliphatic hydroxyl groups is 1. The molecule has 1 aromatic carbocycles. The number of benzene rings is 1. The van der Waals surface area contributed by atoms with Crippen LogP contribution in [0.3, 0.4) is 0 Å². The van der Waals surface area contributed by atoms with Gasteiger partial charge in [0.25, 0.3) is 17.4 Å². The number of nitrogens with zero attached hydrogens (tertiary/aromatic N) is 6. The fraction of sp³-hybridized carbons (Fsp3) is 0.381. The highest BCUT2D eigenvalue weighted by Crippen LogP contribution is 2.34. The van der Waals surface area contributed by atoms with E-state index in [9.17, 15) is 10.4 Å². The lowest BCUT2D eigenvalue weighted by molar-refractivity contribution is 0.161. The minimum absolute atomic E-state index is 0.171. The number of anilines is 3. The van der Waals surface area contributed by atoms with Crippen LogP contribution < -0.4 is 16.0 Å². The first-order valence-corrected chi connectivity index (χ1v) is 10.7. The van der Waals surface area contributed by atoms with Crippen molar-refractivity contribution in [2.45, 2.75) is 25.0 Å². The van der Waals surface area contributed by atoms with Crippen molar-refractivity contribution in [1.82, 2.24) is 24.9 Å². The number of nitrogens with one attached hydrogen (secondary N) is 3. The number of fused-ring (bicyclic) bond motifs is 1. The average Bonchev–Trinajstić information content (AvgIpc) is 3.53. The van der Waals surface area contributed by atoms with E-state index in [1.54, 1.807) is 19.2 Å². The molecule has 4 N–H and O–H groups in total. The molecule has 170 valence electrons. The summed E-state index contributed by atoms with van der Waals surface area (Å²) in [4.78, 5) is 12.2. The van der Waals surface area contributed by atoms with Gasteiger partial charge in [0.2, 0.25) is 0 Å². The highest BCUT2D eigenvalue weighted by molar-refractivity contribution is 6.34. The second-order valence-electron chi connectivity index (χ2n) is 7.54. The Labute approximate surface area is 195 Å². The molecule has 1 saturated carbocycles. The summed E-state index contributed by atoms with van der Waals surface area (Å²) in [7, 11) is 1.60. The van der Waals surface area contributed by atoms with E-state index in [1.165, 1.54) is 10.7 Å². The summed E-state index contributed by atoms with van der Waals surface area (Å²) in [6.45, 7) is 8.67. The monoisotopic (exact) mass is 467 g/mol. The number of aromatic nitrogens is 4. The average molecular weight is 468 g/mol. The Balaban J connectivity index is 1.67. The summed E-state index contributed by atoms with van der Waals surface area (Å²) in [6.07, 6.45) is 2.56. The molecule has 1 aliphatic rings. The fourth-order valence-corrected chi connectivity index (χ4v) is 3.49. The molecule has 2 heterocycles. The molecule has 12 heteroatoms. The smallest absolute Gasteiger partial charge is 0.275 e. The predicted octanol–water partition coefficient (Wildman–Crippen LogP) is 2.79. The first-order chi connectivity index (χ1) is 16.0. The normalized spacial score (nSPS) is 14.0. The van der Waals surface area contributed by atoms with Crippen LogP contribution in [0.2, 0.25) is 5.02 Å². The quantitative estimate of drug-likeness (QED) is 0.262. The molecule has 4 rings (SSSR count). The predicted molar refractivity (Wildman–Crippen MR) is 123 cm³/mol. The van der Waals surface area contributed by atoms with Crippen molar-refractivity contribution in [2.75, 3.05) is 37.4 Å². The molecule has 2 aromatic heterocycles. The van der Waals surface area contributed by atoms with Crippen molar-refractivity contribution in [3.8, 4) is 6.07 Å². The van der Waals surface area contributed by atoms with E-state index in [-0.39, 0.29) is 23.3 Å². The number of halogens is 1. The molecule has 1 unspecified atom stereocenters. The lowest BCUT2D eigenvalue weighted by atomic mass is 10.0. The van der Waals surface area contributed by atoms with E-state index >= 15 is 0 Å². The zero-order chi connectivity index (χ0) is 23.4. The first kappa shape index (κ1) is 22.7. The number of aliphatic hydroxyl groups excluding tert-OH is 1. The number of rotatable bonds is 10. The molecule has 0 aliphatic heterocycles. The highest BCUT2D eigenvalue weighted by Gasteiger charge is 2.26. The Hall–Kier alpha value is -3.48. The summed E-state index contributed by atoms with van der Waals surface area (Å²) >= 11 is 6.59. The number of hydrogen-bond acceptors (Lipinski definition) is 9. The van der Waals surface area contributed by atoms with Gasteiger partial charge in [0, 0.05) is 31.8 Å². The van der Waals surface area contributed by atoms with Gasteiger partial charge in [-0.05, 0) is 25.0 Å². The Morgan fingerprint density at radius 3 is 2.97 bits per heavy atom. The molecule has 11 nitrogen and oxygen atoms in total. The Morgan fingerprint density at radius 2 is 2.27 bits per heavy atom. The van der Waals surface area contributed by atoms with Gasteiger partial charge in [0.05, 0.1) is 41.3 Å². The van der Waals surface area contributed by atoms with Crippen LogP contribution in [-0.4, -0.2) is 57.5 Å². The summed E-state index contributed by atoms with van der Waals surface area (Å²) in [5, 5.41) is 34.1. The van der Waals surface area contributed by atoms with Gasteiger partial charge in [-0.15, -0.1) is 4.52 Å². The van der Waals surface area contributed by atoms with Crippen LogP contribution in [0.5, 0.6) is 0 Å². The summed E-state index contributed by atoms with van der Waals surface area (Å²) in [5.74, 6) is 0.911. The van der Waals surface area contributed by atoms with E-state index in [1.807, 2.05) is 0 Å². The van der Waals surface area contributed by atoms with Gasteiger partial charge in [-0.1, -0.05) is 23.3 Å². The van der Waals surface area contributed by atoms with Gasteiger partial charge in [0.1, 0.15) is 0 Å². The number of imidazole rings is 1. The maximum absolute atomic E-state index is 10.6. The number of methoxy groups -OCH3 is 1. The molecule has 1 atom stereocenters. The van der Waals surface area contributed by atoms with Crippen molar-refractivity contribution in [1.29, 1.82) is 5.26 Å². The van der Waals surface area contributed by atoms with Crippen LogP contribution in [0, 0.1) is 17.9 Å². The van der Waals surface area contributed by atoms with Gasteiger partial charge >= 0.3 is 0 Å². The second kappa shape index (κ2) is 9.98. The van der Waals surface area contributed by atoms with Gasteiger partial charge < -0.3 is 30.6 Å². The Kier molecular flexibility index (Phi) is 6.87. The number of nitriles is 1. The molecule has 1 aliphatic carbocycles. The number of hydrogen-bond donors (Lipinski definition) is 4.